The van der Waals surface area contributed by atoms with Crippen LogP contribution in [0.2, 0.25) is 0 Å². The first-order valence-electron chi connectivity index (χ1n) is 11.3. The number of aromatic amines is 1. The second-order valence-corrected chi connectivity index (χ2v) is 9.61. The highest BCUT2D eigenvalue weighted by atomic mass is 16.2. The smallest absolute Gasteiger partial charge is 0.338 e. The molecule has 1 aromatic rings. The summed E-state index contributed by atoms with van der Waals surface area (Å²) in [5.41, 5.74) is 12.3. The van der Waals surface area contributed by atoms with E-state index in [-0.39, 0.29) is 31.1 Å². The van der Waals surface area contributed by atoms with Gasteiger partial charge in [-0.15, -0.1) is 0 Å². The number of imide groups is 1. The predicted molar refractivity (Wildman–Crippen MR) is 111 cm³/mol. The van der Waals surface area contributed by atoms with Crippen molar-refractivity contribution in [2.45, 2.75) is 76.3 Å². The first-order chi connectivity index (χ1) is 14.8. The summed E-state index contributed by atoms with van der Waals surface area (Å²) in [4.78, 5) is 59.7. The largest absolute Gasteiger partial charge is 0.364 e. The van der Waals surface area contributed by atoms with Gasteiger partial charge in [-0.1, -0.05) is 19.3 Å². The van der Waals surface area contributed by atoms with Crippen molar-refractivity contribution in [1.29, 1.82) is 0 Å². The number of ketones is 1. The van der Waals surface area contributed by atoms with Crippen molar-refractivity contribution in [3.8, 4) is 0 Å². The lowest BCUT2D eigenvalue weighted by Crippen LogP contribution is -2.69. The van der Waals surface area contributed by atoms with Gasteiger partial charge in [-0.25, -0.2) is 14.6 Å². The molecular formula is C22H32N5O4+. The molecule has 4 rings (SSSR count). The monoisotopic (exact) mass is 430 g/mol. The van der Waals surface area contributed by atoms with Gasteiger partial charge < -0.3 is 16.5 Å². The second-order valence-electron chi connectivity index (χ2n) is 9.61. The Hall–Kier alpha value is -2.39. The maximum absolute atomic E-state index is 14.2. The topological polar surface area (TPSA) is 149 Å². The lowest BCUT2D eigenvalue weighted by atomic mass is 9.66. The van der Waals surface area contributed by atoms with Crippen LogP contribution in [0.25, 0.3) is 0 Å². The van der Waals surface area contributed by atoms with Crippen molar-refractivity contribution in [1.82, 2.24) is 9.97 Å². The summed E-state index contributed by atoms with van der Waals surface area (Å²) in [6.45, 7) is 0.211. The van der Waals surface area contributed by atoms with Crippen LogP contribution in [-0.2, 0) is 25.6 Å². The highest BCUT2D eigenvalue weighted by Gasteiger charge is 2.64. The van der Waals surface area contributed by atoms with Gasteiger partial charge >= 0.3 is 11.8 Å². The highest BCUT2D eigenvalue weighted by Crippen LogP contribution is 2.53. The molecule has 4 atom stereocenters. The molecule has 1 aromatic heterocycles. The van der Waals surface area contributed by atoms with Crippen molar-refractivity contribution in [3.63, 3.8) is 0 Å². The number of nitrogens with one attached hydrogen (secondary N) is 1. The Morgan fingerprint density at radius 3 is 2.61 bits per heavy atom. The van der Waals surface area contributed by atoms with Crippen LogP contribution >= 0.6 is 0 Å². The Balaban J connectivity index is 1.71. The number of likely N-dealkylation sites (tertiary alicyclic amines) is 1. The fourth-order valence-corrected chi connectivity index (χ4v) is 6.36. The number of nitrogens with two attached hydrogens (primary N) is 2. The van der Waals surface area contributed by atoms with Gasteiger partial charge in [-0.05, 0) is 18.3 Å². The molecule has 0 bridgehead atoms. The molecule has 0 aromatic carbocycles. The Labute approximate surface area is 181 Å². The third kappa shape index (κ3) is 3.63. The number of H-pyrrole nitrogens is 1. The number of primary amides is 1. The van der Waals surface area contributed by atoms with Crippen LogP contribution in [0.5, 0.6) is 0 Å². The predicted octanol–water partition coefficient (Wildman–Crippen LogP) is 0.727. The number of quaternary nitrogens is 1. The van der Waals surface area contributed by atoms with Crippen LogP contribution in [-0.4, -0.2) is 56.6 Å². The summed E-state index contributed by atoms with van der Waals surface area (Å²) in [5.74, 6) is -1.94. The minimum atomic E-state index is -0.983. The van der Waals surface area contributed by atoms with E-state index in [2.05, 4.69) is 9.97 Å². The molecule has 9 heteroatoms. The quantitative estimate of drug-likeness (QED) is 0.586. The summed E-state index contributed by atoms with van der Waals surface area (Å²) < 4.78 is -0.635. The Morgan fingerprint density at radius 2 is 1.97 bits per heavy atom. The van der Waals surface area contributed by atoms with Crippen LogP contribution in [0.4, 0.5) is 0 Å². The van der Waals surface area contributed by atoms with Crippen LogP contribution in [0.3, 0.4) is 0 Å². The number of aromatic nitrogens is 2. The fraction of sp³-hybridized carbons (Fsp3) is 0.682. The SMILES string of the molecule is NC(=O)[C@@H]1CCC[N+]1(C(=O)C1CC(=O)CC12CCCCC2)C(=O)[C@@H](N)Cc1cnc[nH]1. The molecule has 168 valence electrons. The van der Waals surface area contributed by atoms with E-state index in [1.54, 1.807) is 6.20 Å². The number of hydrogen-bond donors (Lipinski definition) is 3. The van der Waals surface area contributed by atoms with E-state index in [9.17, 15) is 19.2 Å². The van der Waals surface area contributed by atoms with E-state index < -0.39 is 39.7 Å². The van der Waals surface area contributed by atoms with Crippen LogP contribution in [0, 0.1) is 11.3 Å². The summed E-state index contributed by atoms with van der Waals surface area (Å²) in [6.07, 6.45) is 9.38. The van der Waals surface area contributed by atoms with E-state index in [1.165, 1.54) is 6.33 Å². The molecule has 2 heterocycles. The maximum Gasteiger partial charge on any atom is 0.338 e. The molecule has 2 aliphatic carbocycles. The van der Waals surface area contributed by atoms with Crippen molar-refractivity contribution >= 4 is 23.5 Å². The van der Waals surface area contributed by atoms with Gasteiger partial charge in [0.15, 0.2) is 6.04 Å². The number of amides is 3. The average Bonchev–Trinajstić information content (AvgIpc) is 3.47. The molecule has 3 fully saturated rings. The van der Waals surface area contributed by atoms with Crippen LogP contribution < -0.4 is 11.5 Å². The normalized spacial score (nSPS) is 31.1. The molecule has 3 aliphatic rings. The zero-order valence-corrected chi connectivity index (χ0v) is 17.8. The highest BCUT2D eigenvalue weighted by molar-refractivity contribution is 5.97. The molecule has 9 nitrogen and oxygen atoms in total. The minimum absolute atomic E-state index is 0.0717. The molecule has 2 unspecified atom stereocenters. The summed E-state index contributed by atoms with van der Waals surface area (Å²) in [7, 11) is 0. The number of carbonyl (C=O) groups is 4. The summed E-state index contributed by atoms with van der Waals surface area (Å²) in [6, 6.07) is -1.91. The lowest BCUT2D eigenvalue weighted by Gasteiger charge is -2.42. The molecule has 1 saturated heterocycles. The standard InChI is InChI=1S/C22H31N5O4/c23-17(9-14-12-25-13-26-14)21(31)27(8-4-5-18(27)19(24)29)20(30)16-10-15(28)11-22(16)6-2-1-3-7-22/h12-13,16-18H,1-11,23H2,(H2-,24,25,26,29)/p+1/t16?,17-,18-,27?/m0/s1. The lowest BCUT2D eigenvalue weighted by molar-refractivity contribution is -0.785. The summed E-state index contributed by atoms with van der Waals surface area (Å²) in [5, 5.41) is 0. The second kappa shape index (κ2) is 8.27. The van der Waals surface area contributed by atoms with E-state index in [1.807, 2.05) is 0 Å². The molecule has 2 saturated carbocycles. The van der Waals surface area contributed by atoms with Gasteiger partial charge in [0.05, 0.1) is 18.8 Å². The molecule has 1 aliphatic heterocycles. The number of imidazole rings is 1. The van der Waals surface area contributed by atoms with Gasteiger partial charge in [0, 0.05) is 44.0 Å². The van der Waals surface area contributed by atoms with Crippen molar-refractivity contribution in [2.24, 2.45) is 22.8 Å². The Kier molecular flexibility index (Phi) is 5.83. The zero-order chi connectivity index (χ0) is 22.2. The first-order valence-corrected chi connectivity index (χ1v) is 11.3. The Morgan fingerprint density at radius 1 is 1.23 bits per heavy atom. The van der Waals surface area contributed by atoms with Gasteiger partial charge in [-0.2, -0.15) is 4.48 Å². The van der Waals surface area contributed by atoms with Gasteiger partial charge in [0.25, 0.3) is 5.91 Å². The molecule has 3 amide bonds. The van der Waals surface area contributed by atoms with Gasteiger partial charge in [-0.3, -0.25) is 9.59 Å². The van der Waals surface area contributed by atoms with Gasteiger partial charge in [0.1, 0.15) is 11.8 Å². The average molecular weight is 431 g/mol. The number of nitrogens with zero attached hydrogens (tertiary/aromatic N) is 2. The van der Waals surface area contributed by atoms with E-state index >= 15 is 0 Å². The van der Waals surface area contributed by atoms with E-state index in [4.69, 9.17) is 11.5 Å². The third-order valence-electron chi connectivity index (χ3n) is 7.81. The molecular weight excluding hydrogens is 398 g/mol. The third-order valence-corrected chi connectivity index (χ3v) is 7.81. The van der Waals surface area contributed by atoms with Crippen LogP contribution in [0.15, 0.2) is 12.5 Å². The zero-order valence-electron chi connectivity index (χ0n) is 17.8. The fourth-order valence-electron chi connectivity index (χ4n) is 6.36. The first kappa shape index (κ1) is 21.8. The number of hydrogen-bond acceptors (Lipinski definition) is 6. The van der Waals surface area contributed by atoms with E-state index in [0.717, 1.165) is 32.1 Å². The van der Waals surface area contributed by atoms with E-state index in [0.29, 0.717) is 25.0 Å². The minimum Gasteiger partial charge on any atom is -0.364 e. The molecule has 5 N–H and O–H groups in total. The van der Waals surface area contributed by atoms with Crippen molar-refractivity contribution < 1.29 is 23.7 Å². The number of carbonyl (C=O) groups excluding carboxylic acids is 4. The van der Waals surface area contributed by atoms with Crippen molar-refractivity contribution in [3.05, 3.63) is 18.2 Å². The Bertz CT molecular complexity index is 876. The molecule has 31 heavy (non-hydrogen) atoms. The summed E-state index contributed by atoms with van der Waals surface area (Å²) >= 11 is 0. The molecule has 1 spiro atoms. The number of Topliss-reactive ketones (excluding diaryl/α,β-unsaturated/α-hetero) is 1. The van der Waals surface area contributed by atoms with Gasteiger partial charge in [0.2, 0.25) is 0 Å². The van der Waals surface area contributed by atoms with Crippen LogP contribution in [0.1, 0.15) is 63.5 Å². The number of rotatable bonds is 5. The maximum atomic E-state index is 14.2. The van der Waals surface area contributed by atoms with Crippen molar-refractivity contribution in [2.75, 3.05) is 6.54 Å². The molecule has 0 radical (unpaired) electrons.